The van der Waals surface area contributed by atoms with E-state index in [1.165, 1.54) is 12.1 Å². The Hall–Kier alpha value is -1.46. The average Bonchev–Trinajstić information content (AvgIpc) is 2.42. The van der Waals surface area contributed by atoms with E-state index in [2.05, 4.69) is 16.0 Å². The molecule has 1 unspecified atom stereocenters. The van der Waals surface area contributed by atoms with Gasteiger partial charge in [0.15, 0.2) is 0 Å². The summed E-state index contributed by atoms with van der Waals surface area (Å²) in [4.78, 5) is 11.9. The number of hydrogen-bond donors (Lipinski definition) is 3. The zero-order valence-corrected chi connectivity index (χ0v) is 11.1. The van der Waals surface area contributed by atoms with E-state index in [0.29, 0.717) is 13.1 Å². The van der Waals surface area contributed by atoms with Crippen molar-refractivity contribution in [3.8, 4) is 0 Å². The second-order valence-electron chi connectivity index (χ2n) is 4.82. The monoisotopic (exact) mass is 265 g/mol. The minimum atomic E-state index is -0.220. The number of piperazine rings is 1. The highest BCUT2D eigenvalue weighted by Crippen LogP contribution is 2.10. The molecule has 0 aromatic heterocycles. The van der Waals surface area contributed by atoms with Gasteiger partial charge in [0.25, 0.3) is 0 Å². The highest BCUT2D eigenvalue weighted by Gasteiger charge is 2.19. The molecular formula is C14H20FN3O. The number of carbonyl (C=O) groups is 1. The van der Waals surface area contributed by atoms with Crippen molar-refractivity contribution < 1.29 is 9.18 Å². The molecule has 2 rings (SSSR count). The van der Waals surface area contributed by atoms with Gasteiger partial charge < -0.3 is 16.0 Å². The van der Waals surface area contributed by atoms with Gasteiger partial charge in [0.05, 0.1) is 6.04 Å². The molecular weight excluding hydrogens is 245 g/mol. The number of halogens is 1. The smallest absolute Gasteiger partial charge is 0.238 e. The van der Waals surface area contributed by atoms with Gasteiger partial charge in [0.1, 0.15) is 5.82 Å². The maximum absolute atomic E-state index is 13.0. The Morgan fingerprint density at radius 3 is 3.00 bits per heavy atom. The summed E-state index contributed by atoms with van der Waals surface area (Å²) in [6.45, 7) is 4.84. The van der Waals surface area contributed by atoms with Crippen LogP contribution in [-0.2, 0) is 11.2 Å². The molecule has 1 amide bonds. The first-order chi connectivity index (χ1) is 9.16. The Morgan fingerprint density at radius 1 is 1.47 bits per heavy atom. The van der Waals surface area contributed by atoms with Crippen molar-refractivity contribution in [1.29, 1.82) is 0 Å². The van der Waals surface area contributed by atoms with Gasteiger partial charge in [-0.05, 0) is 36.6 Å². The van der Waals surface area contributed by atoms with Crippen LogP contribution in [0.3, 0.4) is 0 Å². The summed E-state index contributed by atoms with van der Waals surface area (Å²) in [6, 6.07) is 4.60. The molecule has 104 valence electrons. The molecule has 1 aromatic carbocycles. The van der Waals surface area contributed by atoms with Gasteiger partial charge in [0.2, 0.25) is 5.91 Å². The summed E-state index contributed by atoms with van der Waals surface area (Å²) >= 11 is 0. The Kier molecular flexibility index (Phi) is 4.87. The van der Waals surface area contributed by atoms with Crippen molar-refractivity contribution in [2.45, 2.75) is 19.4 Å². The fraction of sp³-hybridized carbons (Fsp3) is 0.500. The van der Waals surface area contributed by atoms with Crippen LogP contribution < -0.4 is 16.0 Å². The predicted molar refractivity (Wildman–Crippen MR) is 72.5 cm³/mol. The molecule has 1 saturated heterocycles. The molecule has 1 fully saturated rings. The number of amides is 1. The van der Waals surface area contributed by atoms with Gasteiger partial charge in [-0.25, -0.2) is 4.39 Å². The largest absolute Gasteiger partial charge is 0.354 e. The topological polar surface area (TPSA) is 53.2 Å². The molecule has 0 spiro atoms. The third-order valence-electron chi connectivity index (χ3n) is 3.36. The summed E-state index contributed by atoms with van der Waals surface area (Å²) in [6.07, 6.45) is 0.720. The summed E-state index contributed by atoms with van der Waals surface area (Å²) in [5.74, 6) is -0.199. The molecule has 0 radical (unpaired) electrons. The zero-order valence-electron chi connectivity index (χ0n) is 11.1. The number of aryl methyl sites for hydroxylation is 1. The van der Waals surface area contributed by atoms with Crippen LogP contribution in [0.4, 0.5) is 4.39 Å². The van der Waals surface area contributed by atoms with E-state index < -0.39 is 0 Å². The molecule has 3 N–H and O–H groups in total. The maximum atomic E-state index is 13.0. The summed E-state index contributed by atoms with van der Waals surface area (Å²) in [5.41, 5.74) is 1.99. The minimum Gasteiger partial charge on any atom is -0.354 e. The van der Waals surface area contributed by atoms with Crippen LogP contribution in [0.25, 0.3) is 0 Å². The highest BCUT2D eigenvalue weighted by molar-refractivity contribution is 5.82. The quantitative estimate of drug-likeness (QED) is 0.736. The van der Waals surface area contributed by atoms with Gasteiger partial charge in [0, 0.05) is 26.2 Å². The lowest BCUT2D eigenvalue weighted by atomic mass is 10.1. The van der Waals surface area contributed by atoms with Gasteiger partial charge in [-0.2, -0.15) is 0 Å². The zero-order chi connectivity index (χ0) is 13.7. The number of rotatable bonds is 4. The Morgan fingerprint density at radius 2 is 2.32 bits per heavy atom. The fourth-order valence-corrected chi connectivity index (χ4v) is 2.22. The first-order valence-corrected chi connectivity index (χ1v) is 6.63. The average molecular weight is 265 g/mol. The fourth-order valence-electron chi connectivity index (χ4n) is 2.22. The van der Waals surface area contributed by atoms with Gasteiger partial charge >= 0.3 is 0 Å². The normalized spacial score (nSPS) is 19.2. The lowest BCUT2D eigenvalue weighted by Gasteiger charge is -2.23. The molecule has 1 aliphatic rings. The first-order valence-electron chi connectivity index (χ1n) is 6.63. The van der Waals surface area contributed by atoms with Crippen LogP contribution in [0.15, 0.2) is 18.2 Å². The Bertz CT molecular complexity index is 444. The SMILES string of the molecule is Cc1cc(F)ccc1CCNC(=O)C1CNCCN1. The molecule has 1 aromatic rings. The third kappa shape index (κ3) is 4.01. The maximum Gasteiger partial charge on any atom is 0.238 e. The third-order valence-corrected chi connectivity index (χ3v) is 3.36. The number of hydrogen-bond acceptors (Lipinski definition) is 3. The van der Waals surface area contributed by atoms with Crippen molar-refractivity contribution in [1.82, 2.24) is 16.0 Å². The number of nitrogens with one attached hydrogen (secondary N) is 3. The molecule has 5 heteroatoms. The van der Waals surface area contributed by atoms with Crippen LogP contribution >= 0.6 is 0 Å². The molecule has 19 heavy (non-hydrogen) atoms. The van der Waals surface area contributed by atoms with E-state index in [0.717, 1.165) is 30.6 Å². The summed E-state index contributed by atoms with van der Waals surface area (Å²) in [5, 5.41) is 9.24. The second-order valence-corrected chi connectivity index (χ2v) is 4.82. The molecule has 1 aliphatic heterocycles. The molecule has 0 bridgehead atoms. The standard InChI is InChI=1S/C14H20FN3O/c1-10-8-12(15)3-2-11(10)4-5-18-14(19)13-9-16-6-7-17-13/h2-3,8,13,16-17H,4-7,9H2,1H3,(H,18,19). The Labute approximate surface area is 112 Å². The van der Waals surface area contributed by atoms with Crippen molar-refractivity contribution >= 4 is 5.91 Å². The van der Waals surface area contributed by atoms with Crippen molar-refractivity contribution in [3.63, 3.8) is 0 Å². The molecule has 0 saturated carbocycles. The number of carbonyl (C=O) groups excluding carboxylic acids is 1. The minimum absolute atomic E-state index is 0.0203. The van der Waals surface area contributed by atoms with E-state index >= 15 is 0 Å². The van der Waals surface area contributed by atoms with Crippen LogP contribution in [-0.4, -0.2) is 38.1 Å². The van der Waals surface area contributed by atoms with Gasteiger partial charge in [-0.15, -0.1) is 0 Å². The first kappa shape index (κ1) is 14.0. The summed E-state index contributed by atoms with van der Waals surface area (Å²) in [7, 11) is 0. The van der Waals surface area contributed by atoms with Crippen molar-refractivity contribution in [2.75, 3.05) is 26.2 Å². The predicted octanol–water partition coefficient (Wildman–Crippen LogP) is 0.354. The van der Waals surface area contributed by atoms with Crippen molar-refractivity contribution in [2.24, 2.45) is 0 Å². The van der Waals surface area contributed by atoms with E-state index in [4.69, 9.17) is 0 Å². The highest BCUT2D eigenvalue weighted by atomic mass is 19.1. The van der Waals surface area contributed by atoms with E-state index in [9.17, 15) is 9.18 Å². The van der Waals surface area contributed by atoms with E-state index in [1.807, 2.05) is 6.92 Å². The number of benzene rings is 1. The molecule has 0 aliphatic carbocycles. The molecule has 1 atom stereocenters. The summed E-state index contributed by atoms with van der Waals surface area (Å²) < 4.78 is 13.0. The lowest BCUT2D eigenvalue weighted by Crippen LogP contribution is -2.55. The van der Waals surface area contributed by atoms with Crippen molar-refractivity contribution in [3.05, 3.63) is 35.1 Å². The van der Waals surface area contributed by atoms with Crippen LogP contribution in [0.1, 0.15) is 11.1 Å². The van der Waals surface area contributed by atoms with E-state index in [1.54, 1.807) is 6.07 Å². The van der Waals surface area contributed by atoms with Gasteiger partial charge in [-0.1, -0.05) is 6.07 Å². The Balaban J connectivity index is 1.78. The van der Waals surface area contributed by atoms with Crippen LogP contribution in [0.5, 0.6) is 0 Å². The molecule has 1 heterocycles. The van der Waals surface area contributed by atoms with Crippen LogP contribution in [0, 0.1) is 12.7 Å². The molecule has 4 nitrogen and oxygen atoms in total. The van der Waals surface area contributed by atoms with Gasteiger partial charge in [-0.3, -0.25) is 4.79 Å². The lowest BCUT2D eigenvalue weighted by molar-refractivity contribution is -0.123. The second kappa shape index (κ2) is 6.63. The van der Waals surface area contributed by atoms with Crippen LogP contribution in [0.2, 0.25) is 0 Å². The van der Waals surface area contributed by atoms with E-state index in [-0.39, 0.29) is 17.8 Å².